The Labute approximate surface area is 161 Å². The molecule has 1 aromatic carbocycles. The van der Waals surface area contributed by atoms with Gasteiger partial charge in [0.1, 0.15) is 0 Å². The van der Waals surface area contributed by atoms with E-state index >= 15 is 0 Å². The van der Waals surface area contributed by atoms with Gasteiger partial charge in [0.15, 0.2) is 0 Å². The van der Waals surface area contributed by atoms with Gasteiger partial charge in [-0.05, 0) is 35.4 Å². The van der Waals surface area contributed by atoms with E-state index in [-0.39, 0.29) is 16.9 Å². The van der Waals surface area contributed by atoms with Crippen LogP contribution in [0.2, 0.25) is 0 Å². The molecule has 0 saturated heterocycles. The van der Waals surface area contributed by atoms with Crippen molar-refractivity contribution in [3.8, 4) is 0 Å². The fourth-order valence-electron chi connectivity index (χ4n) is 2.86. The third kappa shape index (κ3) is 9.18. The summed E-state index contributed by atoms with van der Waals surface area (Å²) in [7, 11) is -3.67. The first kappa shape index (κ1) is 23.2. The van der Waals surface area contributed by atoms with Crippen molar-refractivity contribution in [1.82, 2.24) is 0 Å². The molecule has 0 heterocycles. The van der Waals surface area contributed by atoms with Crippen LogP contribution in [0.25, 0.3) is 0 Å². The third-order valence-electron chi connectivity index (χ3n) is 4.63. The Morgan fingerprint density at radius 2 is 1.46 bits per heavy atom. The molecule has 0 bridgehead atoms. The first-order valence-electron chi connectivity index (χ1n) is 10.1. The normalized spacial score (nSPS) is 13.7. The predicted octanol–water partition coefficient (Wildman–Crippen LogP) is 6.68. The van der Waals surface area contributed by atoms with Crippen LogP contribution in [0.5, 0.6) is 0 Å². The molecule has 0 fully saturated rings. The Balaban J connectivity index is 2.45. The van der Waals surface area contributed by atoms with Crippen LogP contribution in [-0.2, 0) is 14.3 Å². The highest BCUT2D eigenvalue weighted by Crippen LogP contribution is 2.25. The first-order chi connectivity index (χ1) is 12.2. The maximum Gasteiger partial charge on any atom is 0.296 e. The minimum absolute atomic E-state index is 0.182. The summed E-state index contributed by atoms with van der Waals surface area (Å²) in [4.78, 5) is 0.244. The zero-order chi connectivity index (χ0) is 19.6. The van der Waals surface area contributed by atoms with Crippen molar-refractivity contribution in [3.63, 3.8) is 0 Å². The number of hydrogen-bond donors (Lipinski definition) is 0. The average Bonchev–Trinajstić information content (AvgIpc) is 2.59. The smallest absolute Gasteiger partial charge is 0.266 e. The highest BCUT2D eigenvalue weighted by atomic mass is 32.2. The molecule has 0 saturated carbocycles. The van der Waals surface area contributed by atoms with E-state index in [0.717, 1.165) is 6.42 Å². The highest BCUT2D eigenvalue weighted by Gasteiger charge is 2.20. The topological polar surface area (TPSA) is 43.4 Å². The third-order valence-corrected chi connectivity index (χ3v) is 5.90. The molecule has 0 aliphatic rings. The molecule has 1 rings (SSSR count). The van der Waals surface area contributed by atoms with E-state index in [9.17, 15) is 8.42 Å². The zero-order valence-corrected chi connectivity index (χ0v) is 18.2. The number of rotatable bonds is 12. The van der Waals surface area contributed by atoms with Crippen molar-refractivity contribution in [2.45, 2.75) is 96.8 Å². The summed E-state index contributed by atoms with van der Waals surface area (Å²) in [6, 6.07) is 7.21. The summed E-state index contributed by atoms with van der Waals surface area (Å²) in [6.45, 7) is 10.5. The van der Waals surface area contributed by atoms with Crippen LogP contribution in [0.4, 0.5) is 0 Å². The number of unbranched alkanes of at least 4 members (excludes halogenated alkanes) is 6. The monoisotopic (exact) mass is 382 g/mol. The fraction of sp³-hybridized carbons (Fsp3) is 0.727. The highest BCUT2D eigenvalue weighted by molar-refractivity contribution is 7.86. The maximum atomic E-state index is 12.3. The minimum atomic E-state index is -3.67. The maximum absolute atomic E-state index is 12.3. The summed E-state index contributed by atoms with van der Waals surface area (Å²) in [5.74, 6) is 0.456. The van der Waals surface area contributed by atoms with E-state index in [2.05, 4.69) is 13.8 Å². The van der Waals surface area contributed by atoms with Crippen molar-refractivity contribution < 1.29 is 12.6 Å². The lowest BCUT2D eigenvalue weighted by Gasteiger charge is -2.18. The fourth-order valence-corrected chi connectivity index (χ4v) is 3.97. The minimum Gasteiger partial charge on any atom is -0.266 e. The van der Waals surface area contributed by atoms with E-state index in [1.807, 2.05) is 32.9 Å². The largest absolute Gasteiger partial charge is 0.296 e. The molecule has 0 aliphatic heterocycles. The standard InChI is InChI=1S/C22H38O3S/c1-6-7-8-9-10-11-12-13-19(2)20-14-16-21(17-15-20)26(23,24)25-18-22(3,4)5/h14-17,19H,6-13,18H2,1-5H3. The Morgan fingerprint density at radius 3 is 2.00 bits per heavy atom. The van der Waals surface area contributed by atoms with Gasteiger partial charge in [0.05, 0.1) is 11.5 Å². The van der Waals surface area contributed by atoms with Gasteiger partial charge < -0.3 is 0 Å². The molecule has 0 aromatic heterocycles. The number of benzene rings is 1. The van der Waals surface area contributed by atoms with Crippen LogP contribution in [0.3, 0.4) is 0 Å². The van der Waals surface area contributed by atoms with Gasteiger partial charge in [-0.15, -0.1) is 0 Å². The molecule has 1 aromatic rings. The van der Waals surface area contributed by atoms with Crippen molar-refractivity contribution >= 4 is 10.1 Å². The lowest BCUT2D eigenvalue weighted by atomic mass is 9.95. The quantitative estimate of drug-likeness (QED) is 0.299. The number of hydrogen-bond acceptors (Lipinski definition) is 3. The zero-order valence-electron chi connectivity index (χ0n) is 17.4. The van der Waals surface area contributed by atoms with E-state index in [4.69, 9.17) is 4.18 Å². The van der Waals surface area contributed by atoms with Gasteiger partial charge in [-0.25, -0.2) is 0 Å². The van der Waals surface area contributed by atoms with Crippen LogP contribution in [0.1, 0.15) is 97.5 Å². The van der Waals surface area contributed by atoms with Gasteiger partial charge in [0.2, 0.25) is 0 Å². The predicted molar refractivity (Wildman–Crippen MR) is 110 cm³/mol. The second kappa shape index (κ2) is 11.1. The van der Waals surface area contributed by atoms with Gasteiger partial charge in [-0.3, -0.25) is 4.18 Å². The van der Waals surface area contributed by atoms with Crippen molar-refractivity contribution in [1.29, 1.82) is 0 Å². The molecule has 3 nitrogen and oxygen atoms in total. The van der Waals surface area contributed by atoms with E-state index in [0.29, 0.717) is 5.92 Å². The molecule has 0 radical (unpaired) electrons. The second-order valence-electron chi connectivity index (χ2n) is 8.66. The van der Waals surface area contributed by atoms with Gasteiger partial charge in [0.25, 0.3) is 10.1 Å². The Hall–Kier alpha value is -0.870. The van der Waals surface area contributed by atoms with Gasteiger partial charge >= 0.3 is 0 Å². The molecule has 0 aliphatic carbocycles. The average molecular weight is 383 g/mol. The van der Waals surface area contributed by atoms with Crippen LogP contribution >= 0.6 is 0 Å². The molecular formula is C22H38O3S. The molecule has 26 heavy (non-hydrogen) atoms. The molecule has 4 heteroatoms. The molecule has 1 unspecified atom stereocenters. The van der Waals surface area contributed by atoms with Crippen molar-refractivity contribution in [2.75, 3.05) is 6.61 Å². The Morgan fingerprint density at radius 1 is 0.923 bits per heavy atom. The molecule has 150 valence electrons. The van der Waals surface area contributed by atoms with Gasteiger partial charge in [-0.2, -0.15) is 8.42 Å². The summed E-state index contributed by atoms with van der Waals surface area (Å²) in [5.41, 5.74) is 1.02. The van der Waals surface area contributed by atoms with Gasteiger partial charge in [-0.1, -0.05) is 91.7 Å². The molecule has 0 N–H and O–H groups in total. The van der Waals surface area contributed by atoms with Crippen molar-refractivity contribution in [2.24, 2.45) is 5.41 Å². The SMILES string of the molecule is CCCCCCCCCC(C)c1ccc(S(=O)(=O)OCC(C)(C)C)cc1. The second-order valence-corrected chi connectivity index (χ2v) is 10.3. The van der Waals surface area contributed by atoms with E-state index in [1.165, 1.54) is 50.5 Å². The summed E-state index contributed by atoms with van der Waals surface area (Å²) in [6.07, 6.45) is 10.4. The summed E-state index contributed by atoms with van der Waals surface area (Å²) < 4.78 is 29.7. The van der Waals surface area contributed by atoms with Crippen molar-refractivity contribution in [3.05, 3.63) is 29.8 Å². The van der Waals surface area contributed by atoms with Gasteiger partial charge in [0, 0.05) is 0 Å². The van der Waals surface area contributed by atoms with E-state index < -0.39 is 10.1 Å². The van der Waals surface area contributed by atoms with Crippen LogP contribution in [0.15, 0.2) is 29.2 Å². The summed E-state index contributed by atoms with van der Waals surface area (Å²) >= 11 is 0. The van der Waals surface area contributed by atoms with Crippen LogP contribution in [-0.4, -0.2) is 15.0 Å². The molecule has 0 amide bonds. The lowest BCUT2D eigenvalue weighted by Crippen LogP contribution is -2.18. The van der Waals surface area contributed by atoms with Crippen LogP contribution in [0, 0.1) is 5.41 Å². The molecule has 1 atom stereocenters. The Kier molecular flexibility index (Phi) is 9.88. The van der Waals surface area contributed by atoms with E-state index in [1.54, 1.807) is 12.1 Å². The lowest BCUT2D eigenvalue weighted by molar-refractivity contribution is 0.203. The van der Waals surface area contributed by atoms with Crippen LogP contribution < -0.4 is 0 Å². The molecule has 0 spiro atoms. The Bertz CT molecular complexity index is 597. The summed E-state index contributed by atoms with van der Waals surface area (Å²) in [5, 5.41) is 0. The molecular weight excluding hydrogens is 344 g/mol. The first-order valence-corrected chi connectivity index (χ1v) is 11.6.